The van der Waals surface area contributed by atoms with Crippen LogP contribution in [0.1, 0.15) is 50.2 Å². The molecular formula is C32H37ClFN7O. The monoisotopic (exact) mass is 589 g/mol. The van der Waals surface area contributed by atoms with Gasteiger partial charge in [-0.05, 0) is 93.5 Å². The highest BCUT2D eigenvalue weighted by Crippen LogP contribution is 2.45. The molecule has 8 nitrogen and oxygen atoms in total. The molecule has 4 aromatic rings. The van der Waals surface area contributed by atoms with E-state index in [4.69, 9.17) is 22.7 Å². The number of nitrogens with two attached hydrogens (primary N) is 1. The van der Waals surface area contributed by atoms with E-state index in [1.54, 1.807) is 37.4 Å². The lowest BCUT2D eigenvalue weighted by atomic mass is 10.0. The number of nitrogens with one attached hydrogen (secondary N) is 4. The molecule has 2 aromatic carbocycles. The fraction of sp³-hybridized carbons (Fsp3) is 0.344. The van der Waals surface area contributed by atoms with E-state index >= 15 is 4.39 Å². The van der Waals surface area contributed by atoms with Crippen molar-refractivity contribution in [3.05, 3.63) is 93.8 Å². The van der Waals surface area contributed by atoms with Crippen LogP contribution >= 0.6 is 11.6 Å². The van der Waals surface area contributed by atoms with Gasteiger partial charge in [-0.1, -0.05) is 29.8 Å². The van der Waals surface area contributed by atoms with Crippen molar-refractivity contribution in [2.24, 2.45) is 5.73 Å². The van der Waals surface area contributed by atoms with E-state index in [1.165, 1.54) is 10.1 Å². The molecule has 0 amide bonds. The van der Waals surface area contributed by atoms with Crippen molar-refractivity contribution in [2.45, 2.75) is 57.0 Å². The first-order chi connectivity index (χ1) is 20.2. The number of aryl methyl sites for hydroxylation is 1. The van der Waals surface area contributed by atoms with Crippen molar-refractivity contribution < 1.29 is 4.39 Å². The average molecular weight is 590 g/mol. The van der Waals surface area contributed by atoms with Crippen LogP contribution in [0, 0.1) is 11.2 Å². The Morgan fingerprint density at radius 1 is 1.26 bits per heavy atom. The van der Waals surface area contributed by atoms with Gasteiger partial charge in [-0.15, -0.1) is 6.58 Å². The van der Waals surface area contributed by atoms with Crippen LogP contribution in [0.5, 0.6) is 0 Å². The van der Waals surface area contributed by atoms with Crippen LogP contribution in [-0.4, -0.2) is 39.5 Å². The van der Waals surface area contributed by atoms with Crippen LogP contribution in [0.15, 0.2) is 66.1 Å². The van der Waals surface area contributed by atoms with E-state index in [0.29, 0.717) is 40.2 Å². The molecule has 0 saturated heterocycles. The van der Waals surface area contributed by atoms with Crippen molar-refractivity contribution in [1.29, 1.82) is 5.41 Å². The Morgan fingerprint density at radius 3 is 2.71 bits per heavy atom. The number of aromatic amines is 1. The molecule has 0 unspecified atom stereocenters. The van der Waals surface area contributed by atoms with Gasteiger partial charge in [-0.25, -0.2) is 9.18 Å². The van der Waals surface area contributed by atoms with Crippen LogP contribution in [0.2, 0.25) is 5.02 Å². The summed E-state index contributed by atoms with van der Waals surface area (Å²) in [5, 5.41) is 14.9. The summed E-state index contributed by atoms with van der Waals surface area (Å²) in [6.45, 7) is 7.08. The highest BCUT2D eigenvalue weighted by atomic mass is 35.5. The molecule has 220 valence electrons. The summed E-state index contributed by atoms with van der Waals surface area (Å²) in [7, 11) is 0. The summed E-state index contributed by atoms with van der Waals surface area (Å²) < 4.78 is 16.6. The van der Waals surface area contributed by atoms with E-state index in [0.717, 1.165) is 50.8 Å². The zero-order valence-corrected chi connectivity index (χ0v) is 24.5. The Bertz CT molecular complexity index is 1660. The Balaban J connectivity index is 1.34. The van der Waals surface area contributed by atoms with E-state index in [9.17, 15) is 4.79 Å². The molecule has 2 heterocycles. The van der Waals surface area contributed by atoms with Gasteiger partial charge in [-0.2, -0.15) is 4.98 Å². The molecule has 1 aliphatic rings. The molecule has 42 heavy (non-hydrogen) atoms. The van der Waals surface area contributed by atoms with Gasteiger partial charge in [0.15, 0.2) is 5.82 Å². The van der Waals surface area contributed by atoms with Crippen LogP contribution in [0.3, 0.4) is 0 Å². The van der Waals surface area contributed by atoms with E-state index in [1.807, 2.05) is 12.1 Å². The number of hydrogen-bond donors (Lipinski definition) is 5. The topological polar surface area (TPSA) is 125 Å². The van der Waals surface area contributed by atoms with Crippen molar-refractivity contribution in [3.8, 4) is 16.9 Å². The van der Waals surface area contributed by atoms with Crippen molar-refractivity contribution in [3.63, 3.8) is 0 Å². The smallest absolute Gasteiger partial charge is 0.354 e. The molecule has 1 aliphatic carbocycles. The number of fused-ring (bicyclic) bond motifs is 1. The summed E-state index contributed by atoms with van der Waals surface area (Å²) in [6, 6.07) is 13.1. The minimum atomic E-state index is -0.524. The molecule has 0 bridgehead atoms. The summed E-state index contributed by atoms with van der Waals surface area (Å²) >= 11 is 6.25. The Hall–Kier alpha value is -3.79. The van der Waals surface area contributed by atoms with Crippen LogP contribution in [0.4, 0.5) is 4.39 Å². The summed E-state index contributed by atoms with van der Waals surface area (Å²) in [6.07, 6.45) is 8.80. The van der Waals surface area contributed by atoms with Gasteiger partial charge in [0, 0.05) is 35.3 Å². The first kappa shape index (κ1) is 29.7. The molecule has 0 aliphatic heterocycles. The highest BCUT2D eigenvalue weighted by molar-refractivity contribution is 6.31. The SMILES string of the molecule is C=C[C@@H](N)CCCc1cc(Cl)c(F)c(-c2cc3cn(-c4ccc(C5(NCCCNC(C)=N)CC5)cc4)c(=O)nc3[nH]2)c1. The number of rotatable bonds is 13. The number of H-pyrrole nitrogens is 1. The molecule has 6 N–H and O–H groups in total. The van der Waals surface area contributed by atoms with Gasteiger partial charge in [-0.3, -0.25) is 9.98 Å². The van der Waals surface area contributed by atoms with Gasteiger partial charge in [0.25, 0.3) is 0 Å². The maximum Gasteiger partial charge on any atom is 0.354 e. The minimum Gasteiger partial charge on any atom is -0.374 e. The zero-order chi connectivity index (χ0) is 29.9. The van der Waals surface area contributed by atoms with E-state index in [-0.39, 0.29) is 16.6 Å². The maximum absolute atomic E-state index is 15.1. The lowest BCUT2D eigenvalue weighted by Gasteiger charge is -2.19. The standard InChI is InChI=1S/C32H37ClFN7O/c1-3-24(36)7-4-6-21-16-26(29(34)27(33)17-21)28-18-22-19-41(31(42)40-30(22)39-28)25-10-8-23(9-11-25)32(12-13-32)38-15-5-14-37-20(2)35/h3,8-11,16-19,24,38H,1,4-7,12-15,36H2,2H3,(H2,35,37)(H,39,40,42)/t24-/m1/s1. The number of nitrogens with zero attached hydrogens (tertiary/aromatic N) is 2. The van der Waals surface area contributed by atoms with Gasteiger partial charge in [0.1, 0.15) is 5.65 Å². The molecule has 0 spiro atoms. The Labute approximate surface area is 249 Å². The molecule has 1 atom stereocenters. The Kier molecular flexibility index (Phi) is 8.91. The second-order valence-electron chi connectivity index (χ2n) is 11.1. The number of halogens is 2. The zero-order valence-electron chi connectivity index (χ0n) is 23.8. The molecular weight excluding hydrogens is 553 g/mol. The number of aromatic nitrogens is 3. The van der Waals surface area contributed by atoms with Gasteiger partial charge >= 0.3 is 5.69 Å². The van der Waals surface area contributed by atoms with Crippen LogP contribution in [-0.2, 0) is 12.0 Å². The van der Waals surface area contributed by atoms with Gasteiger partial charge in [0.2, 0.25) is 0 Å². The molecule has 10 heteroatoms. The van der Waals surface area contributed by atoms with E-state index in [2.05, 4.69) is 39.3 Å². The third-order valence-electron chi connectivity index (χ3n) is 7.85. The van der Waals surface area contributed by atoms with Crippen molar-refractivity contribution in [2.75, 3.05) is 13.1 Å². The van der Waals surface area contributed by atoms with Crippen LogP contribution in [0.25, 0.3) is 28.0 Å². The number of hydrogen-bond acceptors (Lipinski definition) is 5. The lowest BCUT2D eigenvalue weighted by Crippen LogP contribution is -2.32. The largest absolute Gasteiger partial charge is 0.374 e. The van der Waals surface area contributed by atoms with E-state index < -0.39 is 11.5 Å². The third kappa shape index (κ3) is 6.64. The molecule has 1 saturated carbocycles. The summed E-state index contributed by atoms with van der Waals surface area (Å²) in [5.74, 6) is -0.0444. The molecule has 5 rings (SSSR count). The molecule has 0 radical (unpaired) electrons. The van der Waals surface area contributed by atoms with Crippen molar-refractivity contribution in [1.82, 2.24) is 25.2 Å². The predicted molar refractivity (Wildman–Crippen MR) is 168 cm³/mol. The number of benzene rings is 2. The number of amidine groups is 1. The molecule has 2 aromatic heterocycles. The van der Waals surface area contributed by atoms with Gasteiger partial charge < -0.3 is 21.4 Å². The lowest BCUT2D eigenvalue weighted by molar-refractivity contribution is 0.507. The normalized spacial score (nSPS) is 14.6. The third-order valence-corrected chi connectivity index (χ3v) is 8.12. The molecule has 1 fully saturated rings. The fourth-order valence-electron chi connectivity index (χ4n) is 5.30. The maximum atomic E-state index is 15.1. The van der Waals surface area contributed by atoms with Crippen molar-refractivity contribution >= 4 is 28.5 Å². The fourth-order valence-corrected chi connectivity index (χ4v) is 5.54. The first-order valence-corrected chi connectivity index (χ1v) is 14.7. The summed E-state index contributed by atoms with van der Waals surface area (Å²) in [5.41, 5.74) is 9.49. The van der Waals surface area contributed by atoms with Crippen LogP contribution < -0.4 is 22.1 Å². The van der Waals surface area contributed by atoms with Gasteiger partial charge in [0.05, 0.1) is 22.2 Å². The average Bonchev–Trinajstić information content (AvgIpc) is 3.65. The summed E-state index contributed by atoms with van der Waals surface area (Å²) in [4.78, 5) is 20.3. The minimum absolute atomic E-state index is 0.0292. The second kappa shape index (κ2) is 12.6. The Morgan fingerprint density at radius 2 is 2.02 bits per heavy atom. The highest BCUT2D eigenvalue weighted by Gasteiger charge is 2.43. The predicted octanol–water partition coefficient (Wildman–Crippen LogP) is 5.56. The quantitative estimate of drug-likeness (QED) is 0.0604. The second-order valence-corrected chi connectivity index (χ2v) is 11.5. The first-order valence-electron chi connectivity index (χ1n) is 14.3.